The first kappa shape index (κ1) is 18.0. The van der Waals surface area contributed by atoms with E-state index < -0.39 is 0 Å². The number of hydrogen-bond acceptors (Lipinski definition) is 3. The number of carbonyl (C=O) groups is 1. The first-order valence-corrected chi connectivity index (χ1v) is 9.28. The maximum atomic E-state index is 12.5. The second-order valence-corrected chi connectivity index (χ2v) is 8.47. The van der Waals surface area contributed by atoms with Crippen LogP contribution in [0.2, 0.25) is 0 Å². The van der Waals surface area contributed by atoms with Crippen molar-refractivity contribution in [2.75, 3.05) is 5.32 Å². The van der Waals surface area contributed by atoms with Crippen LogP contribution in [0.25, 0.3) is 11.0 Å². The summed E-state index contributed by atoms with van der Waals surface area (Å²) in [4.78, 5) is 12.5. The summed E-state index contributed by atoms with van der Waals surface area (Å²) in [5, 5.41) is 13.4. The molecule has 0 aliphatic rings. The van der Waals surface area contributed by atoms with Gasteiger partial charge in [-0.2, -0.15) is 0 Å². The lowest BCUT2D eigenvalue weighted by Crippen LogP contribution is -2.13. The van der Waals surface area contributed by atoms with Crippen molar-refractivity contribution >= 4 is 54.4 Å². The number of phenolic OH excluding ortho intramolecular Hbond substituents is 1. The van der Waals surface area contributed by atoms with Gasteiger partial charge in [0.15, 0.2) is 5.76 Å². The van der Waals surface area contributed by atoms with E-state index >= 15 is 0 Å². The highest BCUT2D eigenvalue weighted by Gasteiger charge is 2.18. The number of nitrogens with one attached hydrogen (secondary N) is 1. The predicted molar refractivity (Wildman–Crippen MR) is 106 cm³/mol. The molecular weight excluding hydrogens is 450 g/mol. The molecule has 1 amide bonds. The zero-order valence-corrected chi connectivity index (χ0v) is 17.2. The van der Waals surface area contributed by atoms with Gasteiger partial charge in [-0.25, -0.2) is 0 Å². The van der Waals surface area contributed by atoms with Crippen LogP contribution < -0.4 is 5.32 Å². The van der Waals surface area contributed by atoms with E-state index in [1.54, 1.807) is 12.1 Å². The number of aromatic hydroxyl groups is 1. The van der Waals surface area contributed by atoms with Gasteiger partial charge >= 0.3 is 0 Å². The first-order valence-electron chi connectivity index (χ1n) is 7.69. The molecule has 0 aliphatic heterocycles. The number of halogens is 2. The average molecular weight is 467 g/mol. The van der Waals surface area contributed by atoms with Crippen molar-refractivity contribution in [3.63, 3.8) is 0 Å². The molecule has 0 saturated heterocycles. The fraction of sp³-hybridized carbons (Fsp3) is 0.211. The summed E-state index contributed by atoms with van der Waals surface area (Å²) in [6, 6.07) is 11.0. The van der Waals surface area contributed by atoms with Crippen LogP contribution in [0.5, 0.6) is 5.75 Å². The van der Waals surface area contributed by atoms with Gasteiger partial charge < -0.3 is 14.8 Å². The van der Waals surface area contributed by atoms with E-state index in [-0.39, 0.29) is 22.8 Å². The minimum absolute atomic E-state index is 0.0585. The summed E-state index contributed by atoms with van der Waals surface area (Å²) >= 11 is 6.57. The van der Waals surface area contributed by atoms with Crippen molar-refractivity contribution < 1.29 is 14.3 Å². The second-order valence-electron chi connectivity index (χ2n) is 6.82. The van der Waals surface area contributed by atoms with E-state index in [9.17, 15) is 9.90 Å². The Morgan fingerprint density at radius 2 is 1.76 bits per heavy atom. The highest BCUT2D eigenvalue weighted by molar-refractivity contribution is 9.11. The highest BCUT2D eigenvalue weighted by atomic mass is 79.9. The summed E-state index contributed by atoms with van der Waals surface area (Å²) in [7, 11) is 0. The third-order valence-electron chi connectivity index (χ3n) is 3.92. The molecule has 0 atom stereocenters. The van der Waals surface area contributed by atoms with E-state index in [4.69, 9.17) is 4.42 Å². The van der Waals surface area contributed by atoms with Crippen LogP contribution in [0.3, 0.4) is 0 Å². The Balaban J connectivity index is 1.86. The van der Waals surface area contributed by atoms with Gasteiger partial charge in [-0.1, -0.05) is 32.9 Å². The van der Waals surface area contributed by atoms with Gasteiger partial charge in [0, 0.05) is 11.1 Å². The molecule has 0 spiro atoms. The molecule has 0 unspecified atom stereocenters. The lowest BCUT2D eigenvalue weighted by atomic mass is 9.87. The quantitative estimate of drug-likeness (QED) is 0.471. The van der Waals surface area contributed by atoms with Crippen molar-refractivity contribution in [1.29, 1.82) is 0 Å². The van der Waals surface area contributed by atoms with E-state index in [1.807, 2.05) is 24.3 Å². The molecule has 3 rings (SSSR count). The molecule has 1 aromatic heterocycles. The van der Waals surface area contributed by atoms with Crippen LogP contribution in [-0.4, -0.2) is 11.0 Å². The van der Waals surface area contributed by atoms with Crippen LogP contribution in [0.15, 0.2) is 49.8 Å². The highest BCUT2D eigenvalue weighted by Crippen LogP contribution is 2.40. The number of rotatable bonds is 2. The lowest BCUT2D eigenvalue weighted by Gasteiger charge is -2.19. The largest absolute Gasteiger partial charge is 0.506 e. The van der Waals surface area contributed by atoms with E-state index in [1.165, 1.54) is 5.56 Å². The molecule has 0 aliphatic carbocycles. The molecule has 0 radical (unpaired) electrons. The van der Waals surface area contributed by atoms with E-state index in [0.29, 0.717) is 25.6 Å². The van der Waals surface area contributed by atoms with Crippen molar-refractivity contribution in [2.24, 2.45) is 0 Å². The Hall–Kier alpha value is -1.79. The Morgan fingerprint density at radius 3 is 2.36 bits per heavy atom. The Bertz CT molecular complexity index is 953. The van der Waals surface area contributed by atoms with Crippen LogP contribution in [-0.2, 0) is 5.41 Å². The summed E-state index contributed by atoms with van der Waals surface area (Å²) in [5.74, 6) is -0.103. The molecule has 6 heteroatoms. The number of amides is 1. The van der Waals surface area contributed by atoms with Gasteiger partial charge in [0.25, 0.3) is 5.91 Å². The van der Waals surface area contributed by atoms with Crippen LogP contribution in [0.1, 0.15) is 36.9 Å². The molecule has 1 heterocycles. The van der Waals surface area contributed by atoms with Gasteiger partial charge in [-0.3, -0.25) is 4.79 Å². The predicted octanol–water partition coefficient (Wildman–Crippen LogP) is 6.21. The van der Waals surface area contributed by atoms with Gasteiger partial charge in [-0.05, 0) is 67.1 Å². The molecule has 130 valence electrons. The second kappa shape index (κ2) is 6.50. The van der Waals surface area contributed by atoms with Crippen molar-refractivity contribution in [1.82, 2.24) is 0 Å². The molecule has 3 aromatic rings. The summed E-state index contributed by atoms with van der Waals surface area (Å²) in [5.41, 5.74) is 2.45. The Morgan fingerprint density at radius 1 is 1.12 bits per heavy atom. The average Bonchev–Trinajstić information content (AvgIpc) is 2.96. The molecule has 2 N–H and O–H groups in total. The van der Waals surface area contributed by atoms with E-state index in [0.717, 1.165) is 0 Å². The first-order chi connectivity index (χ1) is 11.7. The standard InChI is InChI=1S/C19H17Br2NO3/c1-19(2,3)10-4-6-11(7-5-10)22-18(24)15-8-12-14(25-15)9-13(20)17(23)16(12)21/h4-9,23H,1-3H3,(H,22,24). The maximum absolute atomic E-state index is 12.5. The monoisotopic (exact) mass is 465 g/mol. The molecule has 0 saturated carbocycles. The molecular formula is C19H17Br2NO3. The molecule has 0 fully saturated rings. The minimum atomic E-state index is -0.345. The Labute approximate surface area is 162 Å². The SMILES string of the molecule is CC(C)(C)c1ccc(NC(=O)c2cc3c(Br)c(O)c(Br)cc3o2)cc1. The molecule has 2 aromatic carbocycles. The van der Waals surface area contributed by atoms with Gasteiger partial charge in [0.1, 0.15) is 11.3 Å². The number of hydrogen-bond donors (Lipinski definition) is 2. The molecule has 4 nitrogen and oxygen atoms in total. The third kappa shape index (κ3) is 3.60. The fourth-order valence-electron chi connectivity index (χ4n) is 2.46. The minimum Gasteiger partial charge on any atom is -0.506 e. The molecule has 0 bridgehead atoms. The number of carbonyl (C=O) groups excluding carboxylic acids is 1. The number of anilines is 1. The van der Waals surface area contributed by atoms with Crippen LogP contribution in [0, 0.1) is 0 Å². The number of fused-ring (bicyclic) bond motifs is 1. The zero-order chi connectivity index (χ0) is 18.4. The summed E-state index contributed by atoms with van der Waals surface area (Å²) in [6.07, 6.45) is 0. The summed E-state index contributed by atoms with van der Waals surface area (Å²) in [6.45, 7) is 6.42. The molecule has 25 heavy (non-hydrogen) atoms. The maximum Gasteiger partial charge on any atom is 0.291 e. The van der Waals surface area contributed by atoms with Crippen molar-refractivity contribution in [2.45, 2.75) is 26.2 Å². The normalized spacial score (nSPS) is 11.7. The topological polar surface area (TPSA) is 62.5 Å². The lowest BCUT2D eigenvalue weighted by molar-refractivity contribution is 0.0998. The Kier molecular flexibility index (Phi) is 4.68. The van der Waals surface area contributed by atoms with Crippen molar-refractivity contribution in [3.8, 4) is 5.75 Å². The van der Waals surface area contributed by atoms with Crippen molar-refractivity contribution in [3.05, 3.63) is 56.7 Å². The third-order valence-corrected chi connectivity index (χ3v) is 5.33. The van der Waals surface area contributed by atoms with Gasteiger partial charge in [-0.15, -0.1) is 0 Å². The fourth-order valence-corrected chi connectivity index (χ4v) is 3.65. The van der Waals surface area contributed by atoms with Gasteiger partial charge in [0.05, 0.1) is 8.95 Å². The zero-order valence-electron chi connectivity index (χ0n) is 14.0. The smallest absolute Gasteiger partial charge is 0.291 e. The van der Waals surface area contributed by atoms with Crippen LogP contribution >= 0.6 is 31.9 Å². The number of furan rings is 1. The van der Waals surface area contributed by atoms with E-state index in [2.05, 4.69) is 57.9 Å². The summed E-state index contributed by atoms with van der Waals surface area (Å²) < 4.78 is 6.59. The van der Waals surface area contributed by atoms with Gasteiger partial charge in [0.2, 0.25) is 0 Å². The number of phenols is 1. The number of benzene rings is 2. The van der Waals surface area contributed by atoms with Crippen LogP contribution in [0.4, 0.5) is 5.69 Å².